The van der Waals surface area contributed by atoms with Gasteiger partial charge in [-0.05, 0) is 32.9 Å². The molecule has 94 valence electrons. The Bertz CT molecular complexity index is 390. The fraction of sp³-hybridized carbons (Fsp3) is 0.500. The quantitative estimate of drug-likeness (QED) is 0.712. The first-order valence-corrected chi connectivity index (χ1v) is 5.71. The summed E-state index contributed by atoms with van der Waals surface area (Å²) in [6.45, 7) is 6.97. The summed E-state index contributed by atoms with van der Waals surface area (Å²) < 4.78 is 0. The summed E-state index contributed by atoms with van der Waals surface area (Å²) in [5, 5.41) is 5.97. The molecule has 0 fully saturated rings. The van der Waals surface area contributed by atoms with Gasteiger partial charge in [0, 0.05) is 30.5 Å². The number of nitrogens with zero attached hydrogens (tertiary/aromatic N) is 1. The van der Waals surface area contributed by atoms with E-state index in [0.717, 1.165) is 5.69 Å². The van der Waals surface area contributed by atoms with E-state index < -0.39 is 0 Å². The lowest BCUT2D eigenvalue weighted by molar-refractivity contribution is 0.0951. The van der Waals surface area contributed by atoms with Crippen LogP contribution in [-0.2, 0) is 0 Å². The van der Waals surface area contributed by atoms with E-state index in [1.54, 1.807) is 12.3 Å². The number of rotatable bonds is 5. The molecule has 0 atom stereocenters. The monoisotopic (exact) mass is 236 g/mol. The molecule has 0 aromatic carbocycles. The Morgan fingerprint density at radius 1 is 1.53 bits per heavy atom. The largest absolute Gasteiger partial charge is 0.379 e. The second-order valence-corrected chi connectivity index (χ2v) is 4.50. The van der Waals surface area contributed by atoms with E-state index >= 15 is 0 Å². The van der Waals surface area contributed by atoms with Crippen LogP contribution in [0.5, 0.6) is 0 Å². The molecule has 1 amide bonds. The van der Waals surface area contributed by atoms with Crippen molar-refractivity contribution in [2.45, 2.75) is 26.3 Å². The fourth-order valence-corrected chi connectivity index (χ4v) is 1.33. The van der Waals surface area contributed by atoms with E-state index in [9.17, 15) is 4.79 Å². The second-order valence-electron chi connectivity index (χ2n) is 4.50. The molecule has 0 saturated heterocycles. The Labute approximate surface area is 102 Å². The number of hydrogen-bond acceptors (Lipinski definition) is 4. The third-order valence-corrected chi connectivity index (χ3v) is 2.32. The SMILES string of the molecule is CCNC(=O)c1cc(NC(C)(C)CN)ccn1. The van der Waals surface area contributed by atoms with Crippen molar-refractivity contribution >= 4 is 11.6 Å². The number of pyridine rings is 1. The van der Waals surface area contributed by atoms with Gasteiger partial charge in [-0.3, -0.25) is 9.78 Å². The zero-order valence-corrected chi connectivity index (χ0v) is 10.6. The molecule has 1 aromatic rings. The van der Waals surface area contributed by atoms with Gasteiger partial charge in [0.25, 0.3) is 5.91 Å². The predicted molar refractivity (Wildman–Crippen MR) is 69.0 cm³/mol. The molecule has 0 spiro atoms. The van der Waals surface area contributed by atoms with Crippen LogP contribution in [-0.4, -0.2) is 29.5 Å². The molecule has 1 aromatic heterocycles. The number of hydrogen-bond donors (Lipinski definition) is 3. The Hall–Kier alpha value is -1.62. The zero-order valence-electron chi connectivity index (χ0n) is 10.6. The molecule has 1 rings (SSSR count). The van der Waals surface area contributed by atoms with Crippen LogP contribution in [0, 0.1) is 0 Å². The summed E-state index contributed by atoms with van der Waals surface area (Å²) in [7, 11) is 0. The molecule has 0 saturated carbocycles. The summed E-state index contributed by atoms with van der Waals surface area (Å²) in [6, 6.07) is 3.54. The standard InChI is InChI=1S/C12H20N4O/c1-4-14-11(17)10-7-9(5-6-15-10)16-12(2,3)8-13/h5-7H,4,8,13H2,1-3H3,(H,14,17)(H,15,16). The minimum Gasteiger partial charge on any atom is -0.379 e. The third-order valence-electron chi connectivity index (χ3n) is 2.32. The van der Waals surface area contributed by atoms with Crippen LogP contribution in [0.3, 0.4) is 0 Å². The Kier molecular flexibility index (Phi) is 4.45. The molecule has 0 unspecified atom stereocenters. The second kappa shape index (κ2) is 5.63. The molecule has 0 aliphatic heterocycles. The average molecular weight is 236 g/mol. The van der Waals surface area contributed by atoms with Gasteiger partial charge < -0.3 is 16.4 Å². The highest BCUT2D eigenvalue weighted by Gasteiger charge is 2.15. The maximum Gasteiger partial charge on any atom is 0.269 e. The summed E-state index contributed by atoms with van der Waals surface area (Å²) >= 11 is 0. The Balaban J connectivity index is 2.82. The van der Waals surface area contributed by atoms with Crippen molar-refractivity contribution in [3.05, 3.63) is 24.0 Å². The predicted octanol–water partition coefficient (Wildman–Crippen LogP) is 0.980. The normalized spacial score (nSPS) is 11.1. The number of nitrogens with two attached hydrogens (primary N) is 1. The fourth-order valence-electron chi connectivity index (χ4n) is 1.33. The molecule has 0 radical (unpaired) electrons. The first kappa shape index (κ1) is 13.4. The van der Waals surface area contributed by atoms with E-state index in [0.29, 0.717) is 18.8 Å². The number of amides is 1. The van der Waals surface area contributed by atoms with Crippen molar-refractivity contribution in [2.24, 2.45) is 5.73 Å². The van der Waals surface area contributed by atoms with Crippen LogP contribution in [0.4, 0.5) is 5.69 Å². The lowest BCUT2D eigenvalue weighted by Crippen LogP contribution is -2.39. The molecular formula is C12H20N4O. The first-order valence-electron chi connectivity index (χ1n) is 5.71. The van der Waals surface area contributed by atoms with Crippen molar-refractivity contribution in [3.63, 3.8) is 0 Å². The van der Waals surface area contributed by atoms with Crippen LogP contribution in [0.2, 0.25) is 0 Å². The molecule has 0 bridgehead atoms. The van der Waals surface area contributed by atoms with Gasteiger partial charge in [-0.2, -0.15) is 0 Å². The van der Waals surface area contributed by atoms with Crippen molar-refractivity contribution < 1.29 is 4.79 Å². The van der Waals surface area contributed by atoms with E-state index in [2.05, 4.69) is 15.6 Å². The minimum absolute atomic E-state index is 0.165. The van der Waals surface area contributed by atoms with Gasteiger partial charge >= 0.3 is 0 Å². The number of carbonyl (C=O) groups is 1. The number of nitrogens with one attached hydrogen (secondary N) is 2. The molecule has 0 aliphatic rings. The van der Waals surface area contributed by atoms with Crippen molar-refractivity contribution in [1.29, 1.82) is 0 Å². The van der Waals surface area contributed by atoms with E-state index in [1.807, 2.05) is 26.8 Å². The Morgan fingerprint density at radius 3 is 2.82 bits per heavy atom. The number of anilines is 1. The highest BCUT2D eigenvalue weighted by atomic mass is 16.1. The van der Waals surface area contributed by atoms with Gasteiger partial charge in [-0.25, -0.2) is 0 Å². The van der Waals surface area contributed by atoms with Crippen molar-refractivity contribution in [1.82, 2.24) is 10.3 Å². The smallest absolute Gasteiger partial charge is 0.269 e. The van der Waals surface area contributed by atoms with Crippen LogP contribution in [0.15, 0.2) is 18.3 Å². The van der Waals surface area contributed by atoms with Gasteiger partial charge in [-0.1, -0.05) is 0 Å². The highest BCUT2D eigenvalue weighted by Crippen LogP contribution is 2.14. The number of aromatic nitrogens is 1. The lowest BCUT2D eigenvalue weighted by Gasteiger charge is -2.25. The van der Waals surface area contributed by atoms with Crippen LogP contribution in [0.25, 0.3) is 0 Å². The van der Waals surface area contributed by atoms with Crippen molar-refractivity contribution in [3.8, 4) is 0 Å². The van der Waals surface area contributed by atoms with E-state index in [-0.39, 0.29) is 11.4 Å². The summed E-state index contributed by atoms with van der Waals surface area (Å²) in [5.41, 5.74) is 6.69. The molecule has 5 nitrogen and oxygen atoms in total. The third kappa shape index (κ3) is 4.03. The molecule has 1 heterocycles. The first-order chi connectivity index (χ1) is 7.98. The van der Waals surface area contributed by atoms with E-state index in [1.165, 1.54) is 0 Å². The summed E-state index contributed by atoms with van der Waals surface area (Å²) in [4.78, 5) is 15.6. The molecule has 0 aliphatic carbocycles. The maximum absolute atomic E-state index is 11.6. The van der Waals surface area contributed by atoms with Gasteiger partial charge in [0.15, 0.2) is 0 Å². The molecule has 5 heteroatoms. The molecular weight excluding hydrogens is 216 g/mol. The van der Waals surface area contributed by atoms with Gasteiger partial charge in [-0.15, -0.1) is 0 Å². The topological polar surface area (TPSA) is 80.0 Å². The molecule has 17 heavy (non-hydrogen) atoms. The van der Waals surface area contributed by atoms with Crippen LogP contribution in [0.1, 0.15) is 31.3 Å². The zero-order chi connectivity index (χ0) is 12.9. The molecule has 4 N–H and O–H groups in total. The van der Waals surface area contributed by atoms with Crippen LogP contribution < -0.4 is 16.4 Å². The average Bonchev–Trinajstić information content (AvgIpc) is 2.29. The van der Waals surface area contributed by atoms with Gasteiger partial charge in [0.05, 0.1) is 0 Å². The summed E-state index contributed by atoms with van der Waals surface area (Å²) in [5.74, 6) is -0.165. The maximum atomic E-state index is 11.6. The number of carbonyl (C=O) groups excluding carboxylic acids is 1. The Morgan fingerprint density at radius 2 is 2.24 bits per heavy atom. The van der Waals surface area contributed by atoms with Gasteiger partial charge in [0.1, 0.15) is 5.69 Å². The summed E-state index contributed by atoms with van der Waals surface area (Å²) in [6.07, 6.45) is 1.61. The lowest BCUT2D eigenvalue weighted by atomic mass is 10.1. The van der Waals surface area contributed by atoms with E-state index in [4.69, 9.17) is 5.73 Å². The van der Waals surface area contributed by atoms with Crippen molar-refractivity contribution in [2.75, 3.05) is 18.4 Å². The van der Waals surface area contributed by atoms with Gasteiger partial charge in [0.2, 0.25) is 0 Å². The highest BCUT2D eigenvalue weighted by molar-refractivity contribution is 5.93. The van der Waals surface area contributed by atoms with Crippen LogP contribution >= 0.6 is 0 Å². The minimum atomic E-state index is -0.208.